The molecule has 1 aromatic carbocycles. The normalized spacial score (nSPS) is 20.9. The number of ether oxygens (including phenoxy) is 1. The highest BCUT2D eigenvalue weighted by atomic mass is 16.6. The average Bonchev–Trinajstić information content (AvgIpc) is 2.79. The Morgan fingerprint density at radius 1 is 1.45 bits per heavy atom. The maximum absolute atomic E-state index is 11.8. The van der Waals surface area contributed by atoms with E-state index in [1.807, 2.05) is 0 Å². The number of nitro groups is 1. The van der Waals surface area contributed by atoms with Crippen molar-refractivity contribution in [1.29, 1.82) is 0 Å². The molecule has 0 bridgehead atoms. The van der Waals surface area contributed by atoms with Gasteiger partial charge in [-0.25, -0.2) is 4.79 Å². The lowest BCUT2D eigenvalue weighted by Crippen LogP contribution is -2.28. The Hall–Kier alpha value is -2.70. The average molecular weight is 273 g/mol. The Bertz CT molecular complexity index is 678. The number of carbonyl (C=O) groups excluding carboxylic acids is 1. The van der Waals surface area contributed by atoms with E-state index in [-0.39, 0.29) is 12.3 Å². The SMILES string of the molecule is CC1=NC(c2ccccc2[N+](=O)[O-])C2=C(COC2=O)N1. The van der Waals surface area contributed by atoms with Crippen LogP contribution in [0.15, 0.2) is 40.5 Å². The predicted octanol–water partition coefficient (Wildman–Crippen LogP) is 1.47. The zero-order valence-electron chi connectivity index (χ0n) is 10.6. The van der Waals surface area contributed by atoms with E-state index < -0.39 is 16.9 Å². The van der Waals surface area contributed by atoms with E-state index in [9.17, 15) is 14.9 Å². The summed E-state index contributed by atoms with van der Waals surface area (Å²) < 4.78 is 4.98. The number of esters is 1. The van der Waals surface area contributed by atoms with Crippen LogP contribution in [0.1, 0.15) is 18.5 Å². The molecule has 20 heavy (non-hydrogen) atoms. The molecule has 2 aliphatic heterocycles. The smallest absolute Gasteiger partial charge is 0.338 e. The van der Waals surface area contributed by atoms with Gasteiger partial charge in [0, 0.05) is 6.07 Å². The minimum absolute atomic E-state index is 0.0532. The van der Waals surface area contributed by atoms with Gasteiger partial charge in [-0.1, -0.05) is 12.1 Å². The number of nitro benzene ring substituents is 1. The van der Waals surface area contributed by atoms with Gasteiger partial charge in [-0.05, 0) is 13.0 Å². The molecule has 2 aliphatic rings. The molecule has 0 amide bonds. The van der Waals surface area contributed by atoms with Crippen LogP contribution in [-0.4, -0.2) is 23.3 Å². The molecular formula is C13H11N3O4. The second kappa shape index (κ2) is 4.44. The molecule has 0 spiro atoms. The third-order valence-electron chi connectivity index (χ3n) is 3.25. The zero-order valence-corrected chi connectivity index (χ0v) is 10.6. The molecule has 7 heteroatoms. The summed E-state index contributed by atoms with van der Waals surface area (Å²) in [6.45, 7) is 1.90. The van der Waals surface area contributed by atoms with E-state index >= 15 is 0 Å². The quantitative estimate of drug-likeness (QED) is 0.500. The number of rotatable bonds is 2. The van der Waals surface area contributed by atoms with Gasteiger partial charge in [-0.2, -0.15) is 0 Å². The lowest BCUT2D eigenvalue weighted by Gasteiger charge is -2.20. The standard InChI is InChI=1S/C13H11N3O4/c1-7-14-9-6-20-13(17)11(9)12(15-7)8-4-2-3-5-10(8)16(18)19/h2-5,12H,6H2,1H3,(H,14,15). The Morgan fingerprint density at radius 3 is 2.95 bits per heavy atom. The van der Waals surface area contributed by atoms with Gasteiger partial charge in [-0.15, -0.1) is 0 Å². The van der Waals surface area contributed by atoms with Gasteiger partial charge in [0.15, 0.2) is 0 Å². The van der Waals surface area contributed by atoms with Crippen molar-refractivity contribution in [1.82, 2.24) is 5.32 Å². The molecule has 1 N–H and O–H groups in total. The van der Waals surface area contributed by atoms with Crippen molar-refractivity contribution < 1.29 is 14.5 Å². The number of para-hydroxylation sites is 1. The van der Waals surface area contributed by atoms with Gasteiger partial charge in [-0.3, -0.25) is 15.1 Å². The van der Waals surface area contributed by atoms with Gasteiger partial charge in [0.05, 0.1) is 27.6 Å². The van der Waals surface area contributed by atoms with Crippen LogP contribution in [0, 0.1) is 10.1 Å². The summed E-state index contributed by atoms with van der Waals surface area (Å²) in [4.78, 5) is 26.8. The summed E-state index contributed by atoms with van der Waals surface area (Å²) in [5, 5.41) is 14.1. The summed E-state index contributed by atoms with van der Waals surface area (Å²) in [6.07, 6.45) is 0. The van der Waals surface area contributed by atoms with E-state index in [4.69, 9.17) is 4.74 Å². The maximum Gasteiger partial charge on any atom is 0.338 e. The molecule has 3 rings (SSSR count). The van der Waals surface area contributed by atoms with E-state index in [1.165, 1.54) is 6.07 Å². The number of amidine groups is 1. The van der Waals surface area contributed by atoms with E-state index in [0.29, 0.717) is 22.7 Å². The Kier molecular flexibility index (Phi) is 2.74. The van der Waals surface area contributed by atoms with Crippen molar-refractivity contribution in [3.63, 3.8) is 0 Å². The molecule has 0 saturated heterocycles. The van der Waals surface area contributed by atoms with Gasteiger partial charge >= 0.3 is 5.97 Å². The first-order valence-corrected chi connectivity index (χ1v) is 6.03. The Labute approximate surface area is 114 Å². The number of benzene rings is 1. The molecule has 0 saturated carbocycles. The number of cyclic esters (lactones) is 1. The highest BCUT2D eigenvalue weighted by Gasteiger charge is 2.38. The lowest BCUT2D eigenvalue weighted by atomic mass is 9.95. The molecule has 0 fully saturated rings. The van der Waals surface area contributed by atoms with Crippen molar-refractivity contribution in [2.24, 2.45) is 4.99 Å². The first-order chi connectivity index (χ1) is 9.58. The second-order valence-electron chi connectivity index (χ2n) is 4.53. The van der Waals surface area contributed by atoms with Crippen LogP contribution in [0.3, 0.4) is 0 Å². The molecular weight excluding hydrogens is 262 g/mol. The van der Waals surface area contributed by atoms with Crippen LogP contribution in [-0.2, 0) is 9.53 Å². The topological polar surface area (TPSA) is 93.8 Å². The van der Waals surface area contributed by atoms with Gasteiger partial charge in [0.25, 0.3) is 5.69 Å². The molecule has 0 aliphatic carbocycles. The third-order valence-corrected chi connectivity index (χ3v) is 3.25. The summed E-state index contributed by atoms with van der Waals surface area (Å²) in [5.74, 6) is 0.122. The first-order valence-electron chi connectivity index (χ1n) is 6.03. The van der Waals surface area contributed by atoms with E-state index in [2.05, 4.69) is 10.3 Å². The van der Waals surface area contributed by atoms with Crippen LogP contribution in [0.25, 0.3) is 0 Å². The predicted molar refractivity (Wildman–Crippen MR) is 70.1 cm³/mol. The fraction of sp³-hybridized carbons (Fsp3) is 0.231. The fourth-order valence-corrected chi connectivity index (χ4v) is 2.42. The Morgan fingerprint density at radius 2 is 2.20 bits per heavy atom. The molecule has 2 heterocycles. The number of nitrogens with zero attached hydrogens (tertiary/aromatic N) is 2. The largest absolute Gasteiger partial charge is 0.456 e. The zero-order chi connectivity index (χ0) is 14.3. The maximum atomic E-state index is 11.8. The summed E-state index contributed by atoms with van der Waals surface area (Å²) in [5.41, 5.74) is 1.32. The van der Waals surface area contributed by atoms with Gasteiger partial charge in [0.2, 0.25) is 0 Å². The first kappa shape index (κ1) is 12.3. The summed E-state index contributed by atoms with van der Waals surface area (Å²) in [7, 11) is 0. The Balaban J connectivity index is 2.15. The monoisotopic (exact) mass is 273 g/mol. The van der Waals surface area contributed by atoms with Crippen molar-refractivity contribution >= 4 is 17.5 Å². The van der Waals surface area contributed by atoms with Gasteiger partial charge < -0.3 is 10.1 Å². The van der Waals surface area contributed by atoms with Crippen LogP contribution in [0.4, 0.5) is 5.69 Å². The summed E-state index contributed by atoms with van der Waals surface area (Å²) in [6, 6.07) is 5.60. The van der Waals surface area contributed by atoms with E-state index in [0.717, 1.165) is 0 Å². The van der Waals surface area contributed by atoms with Crippen molar-refractivity contribution in [3.8, 4) is 0 Å². The minimum Gasteiger partial charge on any atom is -0.456 e. The molecule has 102 valence electrons. The second-order valence-corrected chi connectivity index (χ2v) is 4.53. The number of hydrogen-bond acceptors (Lipinski definition) is 6. The highest BCUT2D eigenvalue weighted by molar-refractivity contribution is 5.97. The number of aliphatic imine (C=N–C) groups is 1. The van der Waals surface area contributed by atoms with Crippen LogP contribution in [0.5, 0.6) is 0 Å². The number of hydrogen-bond donors (Lipinski definition) is 1. The minimum atomic E-state index is -0.692. The van der Waals surface area contributed by atoms with Crippen LogP contribution in [0.2, 0.25) is 0 Å². The third kappa shape index (κ3) is 1.83. The van der Waals surface area contributed by atoms with Crippen LogP contribution < -0.4 is 5.32 Å². The van der Waals surface area contributed by atoms with Crippen molar-refractivity contribution in [3.05, 3.63) is 51.2 Å². The molecule has 1 aromatic rings. The molecule has 1 unspecified atom stereocenters. The molecule has 0 radical (unpaired) electrons. The molecule has 0 aromatic heterocycles. The number of carbonyl (C=O) groups is 1. The molecule has 1 atom stereocenters. The highest BCUT2D eigenvalue weighted by Crippen LogP contribution is 2.38. The van der Waals surface area contributed by atoms with E-state index in [1.54, 1.807) is 25.1 Å². The molecule has 7 nitrogen and oxygen atoms in total. The fourth-order valence-electron chi connectivity index (χ4n) is 2.42. The number of nitrogens with one attached hydrogen (secondary N) is 1. The lowest BCUT2D eigenvalue weighted by molar-refractivity contribution is -0.385. The summed E-state index contributed by atoms with van der Waals surface area (Å²) >= 11 is 0. The van der Waals surface area contributed by atoms with Crippen LogP contribution >= 0.6 is 0 Å². The van der Waals surface area contributed by atoms with Crippen molar-refractivity contribution in [2.45, 2.75) is 13.0 Å². The van der Waals surface area contributed by atoms with Crippen molar-refractivity contribution in [2.75, 3.05) is 6.61 Å². The van der Waals surface area contributed by atoms with Gasteiger partial charge in [0.1, 0.15) is 12.6 Å².